The Balaban J connectivity index is 2.69. The van der Waals surface area contributed by atoms with Gasteiger partial charge in [0.05, 0.1) is 0 Å². The Labute approximate surface area is 188 Å². The molecule has 0 radical (unpaired) electrons. The predicted molar refractivity (Wildman–Crippen MR) is 119 cm³/mol. The number of carbonyl (C=O) groups excluding carboxylic acids is 4. The van der Waals surface area contributed by atoms with Gasteiger partial charge >= 0.3 is 11.9 Å². The Morgan fingerprint density at radius 3 is 1.50 bits per heavy atom. The summed E-state index contributed by atoms with van der Waals surface area (Å²) < 4.78 is 10.1. The minimum Gasteiger partial charge on any atom is -0.451 e. The summed E-state index contributed by atoms with van der Waals surface area (Å²) in [5, 5.41) is 0. The first kappa shape index (κ1) is 26.5. The van der Waals surface area contributed by atoms with Crippen LogP contribution in [0.3, 0.4) is 0 Å². The predicted octanol–water partition coefficient (Wildman–Crippen LogP) is 2.24. The Bertz CT molecular complexity index is 813. The molecule has 9 nitrogen and oxygen atoms in total. The van der Waals surface area contributed by atoms with Gasteiger partial charge in [0, 0.05) is 26.2 Å². The molecule has 0 spiro atoms. The summed E-state index contributed by atoms with van der Waals surface area (Å²) in [6.07, 6.45) is 0. The highest BCUT2D eigenvalue weighted by atomic mass is 16.5. The third kappa shape index (κ3) is 8.71. The van der Waals surface area contributed by atoms with Gasteiger partial charge in [0.25, 0.3) is 11.8 Å². The maximum atomic E-state index is 12.3. The molecule has 0 unspecified atom stereocenters. The van der Waals surface area contributed by atoms with Crippen LogP contribution >= 0.6 is 0 Å². The molecule has 1 rings (SSSR count). The molecular formula is C23H31N3O6. The molecule has 0 fully saturated rings. The van der Waals surface area contributed by atoms with Crippen LogP contribution in [0.25, 0.3) is 0 Å². The molecule has 0 aliphatic heterocycles. The van der Waals surface area contributed by atoms with E-state index in [1.807, 2.05) is 13.8 Å². The highest BCUT2D eigenvalue weighted by Gasteiger charge is 2.19. The van der Waals surface area contributed by atoms with Crippen LogP contribution < -0.4 is 0 Å². The first-order valence-corrected chi connectivity index (χ1v) is 10.2. The Morgan fingerprint density at radius 2 is 1.19 bits per heavy atom. The Kier molecular flexibility index (Phi) is 10.8. The van der Waals surface area contributed by atoms with E-state index in [-0.39, 0.29) is 23.2 Å². The van der Waals surface area contributed by atoms with Crippen molar-refractivity contribution < 1.29 is 28.7 Å². The van der Waals surface area contributed by atoms with Gasteiger partial charge in [0.1, 0.15) is 11.4 Å². The molecule has 0 N–H and O–H groups in total. The van der Waals surface area contributed by atoms with Crippen molar-refractivity contribution in [2.24, 2.45) is 0 Å². The molecule has 0 aromatic carbocycles. The minimum absolute atomic E-state index is 0.154. The third-order valence-corrected chi connectivity index (χ3v) is 4.21. The van der Waals surface area contributed by atoms with Crippen molar-refractivity contribution in [3.05, 3.63) is 53.9 Å². The first-order chi connectivity index (χ1) is 15.1. The highest BCUT2D eigenvalue weighted by molar-refractivity contribution is 5.93. The van der Waals surface area contributed by atoms with Gasteiger partial charge in [-0.1, -0.05) is 30.4 Å². The van der Waals surface area contributed by atoms with E-state index in [1.54, 1.807) is 13.8 Å². The van der Waals surface area contributed by atoms with Crippen LogP contribution in [-0.2, 0) is 19.1 Å². The second-order valence-corrected chi connectivity index (χ2v) is 7.29. The fraction of sp³-hybridized carbons (Fsp3) is 0.435. The molecule has 1 heterocycles. The van der Waals surface area contributed by atoms with Crippen molar-refractivity contribution >= 4 is 23.8 Å². The summed E-state index contributed by atoms with van der Waals surface area (Å²) in [4.78, 5) is 55.8. The third-order valence-electron chi connectivity index (χ3n) is 4.21. The summed E-state index contributed by atoms with van der Waals surface area (Å²) in [6, 6.07) is 4.14. The van der Waals surface area contributed by atoms with E-state index in [2.05, 4.69) is 18.1 Å². The van der Waals surface area contributed by atoms with Crippen LogP contribution in [0.4, 0.5) is 0 Å². The quantitative estimate of drug-likeness (QED) is 0.359. The summed E-state index contributed by atoms with van der Waals surface area (Å²) in [5.41, 5.74) is 1.30. The van der Waals surface area contributed by atoms with E-state index in [4.69, 9.17) is 9.47 Å². The van der Waals surface area contributed by atoms with E-state index in [0.717, 1.165) is 11.1 Å². The summed E-state index contributed by atoms with van der Waals surface area (Å²) in [7, 11) is 0. The second-order valence-electron chi connectivity index (χ2n) is 7.29. The number of amides is 2. The number of hydrogen-bond acceptors (Lipinski definition) is 7. The number of rotatable bonds is 12. The van der Waals surface area contributed by atoms with Crippen molar-refractivity contribution in [2.75, 3.05) is 39.4 Å². The fourth-order valence-electron chi connectivity index (χ4n) is 2.65. The molecular weight excluding hydrogens is 414 g/mol. The number of pyridine rings is 1. The smallest absolute Gasteiger partial charge is 0.357 e. The van der Waals surface area contributed by atoms with Gasteiger partial charge in [-0.05, 0) is 39.8 Å². The van der Waals surface area contributed by atoms with Gasteiger partial charge in [-0.15, -0.1) is 0 Å². The lowest BCUT2D eigenvalue weighted by atomic mass is 10.3. The summed E-state index contributed by atoms with van der Waals surface area (Å²) in [6.45, 7) is 15.5. The number of ether oxygens (including phenoxy) is 2. The standard InChI is InChI=1S/C23H31N3O6/c1-7-25(12-16(3)4)20(27)14-31-22(29)18-10-9-11-19(24-18)23(30)32-15-21(28)26(8-2)13-17(5)6/h9-11H,3,5,7-8,12-15H2,1-2,4,6H3. The SMILES string of the molecule is C=C(C)CN(CC)C(=O)COC(=O)c1cccc(C(=O)OCC(=O)N(CC)CC(=C)C)n1. The van der Waals surface area contributed by atoms with Gasteiger partial charge in [0.15, 0.2) is 13.2 Å². The molecule has 32 heavy (non-hydrogen) atoms. The number of aromatic nitrogens is 1. The fourth-order valence-corrected chi connectivity index (χ4v) is 2.65. The molecule has 0 aliphatic rings. The van der Waals surface area contributed by atoms with Gasteiger partial charge in [-0.2, -0.15) is 0 Å². The van der Waals surface area contributed by atoms with Gasteiger partial charge in [-0.3, -0.25) is 9.59 Å². The van der Waals surface area contributed by atoms with Gasteiger partial charge in [-0.25, -0.2) is 14.6 Å². The normalized spacial score (nSPS) is 10.1. The van der Waals surface area contributed by atoms with Crippen molar-refractivity contribution in [2.45, 2.75) is 27.7 Å². The van der Waals surface area contributed by atoms with Crippen molar-refractivity contribution in [3.63, 3.8) is 0 Å². The lowest BCUT2D eigenvalue weighted by molar-refractivity contribution is -0.134. The van der Waals surface area contributed by atoms with Crippen LogP contribution in [0.1, 0.15) is 48.7 Å². The van der Waals surface area contributed by atoms with E-state index in [1.165, 1.54) is 28.0 Å². The lowest BCUT2D eigenvalue weighted by Crippen LogP contribution is -2.36. The molecule has 1 aromatic heterocycles. The molecule has 0 saturated heterocycles. The van der Waals surface area contributed by atoms with Crippen LogP contribution in [-0.4, -0.2) is 77.9 Å². The molecule has 2 amide bonds. The van der Waals surface area contributed by atoms with E-state index < -0.39 is 25.2 Å². The molecule has 0 bridgehead atoms. The van der Waals surface area contributed by atoms with Crippen molar-refractivity contribution in [1.82, 2.24) is 14.8 Å². The maximum Gasteiger partial charge on any atom is 0.357 e. The number of nitrogens with zero attached hydrogens (tertiary/aromatic N) is 3. The number of carbonyl (C=O) groups is 4. The van der Waals surface area contributed by atoms with Crippen LogP contribution in [0.15, 0.2) is 42.5 Å². The van der Waals surface area contributed by atoms with Crippen LogP contribution in [0.2, 0.25) is 0 Å². The lowest BCUT2D eigenvalue weighted by Gasteiger charge is -2.20. The Hall–Kier alpha value is -3.49. The summed E-state index contributed by atoms with van der Waals surface area (Å²) >= 11 is 0. The topological polar surface area (TPSA) is 106 Å². The zero-order valence-electron chi connectivity index (χ0n) is 19.2. The number of likely N-dealkylation sites (N-methyl/N-ethyl adjacent to an activating group) is 2. The van der Waals surface area contributed by atoms with E-state index in [0.29, 0.717) is 26.2 Å². The molecule has 1 aromatic rings. The maximum absolute atomic E-state index is 12.3. The van der Waals surface area contributed by atoms with Crippen LogP contribution in [0, 0.1) is 0 Å². The van der Waals surface area contributed by atoms with Crippen LogP contribution in [0.5, 0.6) is 0 Å². The minimum atomic E-state index is -0.853. The van der Waals surface area contributed by atoms with E-state index in [9.17, 15) is 19.2 Å². The molecule has 0 atom stereocenters. The Morgan fingerprint density at radius 1 is 0.812 bits per heavy atom. The molecule has 9 heteroatoms. The van der Waals surface area contributed by atoms with Gasteiger partial charge < -0.3 is 19.3 Å². The highest BCUT2D eigenvalue weighted by Crippen LogP contribution is 2.06. The monoisotopic (exact) mass is 445 g/mol. The number of hydrogen-bond donors (Lipinski definition) is 0. The molecule has 0 aliphatic carbocycles. The van der Waals surface area contributed by atoms with Gasteiger partial charge in [0.2, 0.25) is 0 Å². The zero-order chi connectivity index (χ0) is 24.3. The van der Waals surface area contributed by atoms with Crippen molar-refractivity contribution in [3.8, 4) is 0 Å². The summed E-state index contributed by atoms with van der Waals surface area (Å²) in [5.74, 6) is -2.44. The second kappa shape index (κ2) is 13.0. The average molecular weight is 446 g/mol. The average Bonchev–Trinajstić information content (AvgIpc) is 2.76. The molecule has 0 saturated carbocycles. The number of esters is 2. The molecule has 174 valence electrons. The van der Waals surface area contributed by atoms with Crippen molar-refractivity contribution in [1.29, 1.82) is 0 Å². The largest absolute Gasteiger partial charge is 0.451 e. The van der Waals surface area contributed by atoms with E-state index >= 15 is 0 Å². The zero-order valence-corrected chi connectivity index (χ0v) is 19.2. The first-order valence-electron chi connectivity index (χ1n) is 10.2.